The summed E-state index contributed by atoms with van der Waals surface area (Å²) in [6.45, 7) is 5.93. The van der Waals surface area contributed by atoms with Gasteiger partial charge in [-0.15, -0.1) is 0 Å². The Balaban J connectivity index is 2.23. The molecule has 1 rings (SSSR count). The fourth-order valence-corrected chi connectivity index (χ4v) is 1.94. The maximum atomic E-state index is 11.8. The predicted molar refractivity (Wildman–Crippen MR) is 72.8 cm³/mol. The minimum atomic E-state index is -0.342. The van der Waals surface area contributed by atoms with Gasteiger partial charge in [-0.2, -0.15) is 0 Å². The molecule has 0 aromatic rings. The highest BCUT2D eigenvalue weighted by atomic mass is 16.5. The molecule has 110 valence electrons. The lowest BCUT2D eigenvalue weighted by molar-refractivity contribution is -0.131. The van der Waals surface area contributed by atoms with E-state index in [2.05, 4.69) is 10.6 Å². The Morgan fingerprint density at radius 3 is 2.58 bits per heavy atom. The van der Waals surface area contributed by atoms with Crippen LogP contribution in [0.25, 0.3) is 0 Å². The Morgan fingerprint density at radius 2 is 2.00 bits per heavy atom. The van der Waals surface area contributed by atoms with Crippen LogP contribution in [0.5, 0.6) is 0 Å². The van der Waals surface area contributed by atoms with Crippen LogP contribution in [0.3, 0.4) is 0 Å². The van der Waals surface area contributed by atoms with Crippen molar-refractivity contribution < 1.29 is 14.3 Å². The van der Waals surface area contributed by atoms with E-state index in [9.17, 15) is 9.59 Å². The molecule has 0 aliphatic carbocycles. The second-order valence-corrected chi connectivity index (χ2v) is 4.91. The minimum absolute atomic E-state index is 0.00127. The smallest absolute Gasteiger partial charge is 0.239 e. The average molecular weight is 271 g/mol. The van der Waals surface area contributed by atoms with Gasteiger partial charge in [0.25, 0.3) is 0 Å². The molecule has 1 aliphatic heterocycles. The largest absolute Gasteiger partial charge is 0.381 e. The Bertz CT molecular complexity index is 304. The van der Waals surface area contributed by atoms with E-state index in [0.717, 1.165) is 12.8 Å². The monoisotopic (exact) mass is 271 g/mol. The van der Waals surface area contributed by atoms with E-state index in [0.29, 0.717) is 19.8 Å². The Morgan fingerprint density at radius 1 is 1.37 bits per heavy atom. The average Bonchev–Trinajstić information content (AvgIpc) is 2.44. The molecule has 0 aromatic heterocycles. The molecule has 0 aromatic carbocycles. The first-order valence-electron chi connectivity index (χ1n) is 6.90. The van der Waals surface area contributed by atoms with Crippen LogP contribution in [-0.4, -0.2) is 62.1 Å². The lowest BCUT2D eigenvalue weighted by Gasteiger charge is -2.24. The molecule has 1 aliphatic rings. The summed E-state index contributed by atoms with van der Waals surface area (Å²) in [5.41, 5.74) is 0. The van der Waals surface area contributed by atoms with Gasteiger partial charge in [0.1, 0.15) is 0 Å². The summed E-state index contributed by atoms with van der Waals surface area (Å²) in [4.78, 5) is 25.2. The van der Waals surface area contributed by atoms with Crippen molar-refractivity contribution in [2.45, 2.75) is 38.8 Å². The van der Waals surface area contributed by atoms with Crippen molar-refractivity contribution in [3.8, 4) is 0 Å². The van der Waals surface area contributed by atoms with Gasteiger partial charge < -0.3 is 15.0 Å². The molecule has 1 heterocycles. The quantitative estimate of drug-likeness (QED) is 0.698. The third kappa shape index (κ3) is 5.57. The van der Waals surface area contributed by atoms with Crippen molar-refractivity contribution in [3.05, 3.63) is 0 Å². The van der Waals surface area contributed by atoms with E-state index in [4.69, 9.17) is 4.74 Å². The molecule has 0 saturated carbocycles. The van der Waals surface area contributed by atoms with E-state index < -0.39 is 0 Å². The van der Waals surface area contributed by atoms with E-state index in [1.807, 2.05) is 6.92 Å². The van der Waals surface area contributed by atoms with Gasteiger partial charge in [0.05, 0.1) is 12.6 Å². The van der Waals surface area contributed by atoms with Crippen molar-refractivity contribution in [1.82, 2.24) is 15.5 Å². The maximum Gasteiger partial charge on any atom is 0.239 e. The highest BCUT2D eigenvalue weighted by molar-refractivity contribution is 5.83. The Kier molecular flexibility index (Phi) is 6.80. The van der Waals surface area contributed by atoms with Crippen LogP contribution in [0.4, 0.5) is 0 Å². The lowest BCUT2D eigenvalue weighted by atomic mass is 10.1. The SMILES string of the molecule is CCN(C)C(=O)C(C)NCC(=O)NC1CCOCC1. The number of hydrogen-bond donors (Lipinski definition) is 2. The fraction of sp³-hybridized carbons (Fsp3) is 0.846. The van der Waals surface area contributed by atoms with E-state index in [1.54, 1.807) is 18.9 Å². The van der Waals surface area contributed by atoms with Gasteiger partial charge in [0, 0.05) is 32.8 Å². The normalized spacial score (nSPS) is 17.8. The number of nitrogens with one attached hydrogen (secondary N) is 2. The third-order valence-electron chi connectivity index (χ3n) is 3.38. The van der Waals surface area contributed by atoms with Gasteiger partial charge in [-0.05, 0) is 26.7 Å². The Labute approximate surface area is 114 Å². The number of rotatable bonds is 6. The molecule has 1 atom stereocenters. The zero-order valence-corrected chi connectivity index (χ0v) is 12.1. The number of likely N-dealkylation sites (N-methyl/N-ethyl adjacent to an activating group) is 1. The van der Waals surface area contributed by atoms with Gasteiger partial charge in [-0.1, -0.05) is 0 Å². The molecule has 6 heteroatoms. The van der Waals surface area contributed by atoms with Gasteiger partial charge in [0.2, 0.25) is 11.8 Å². The molecule has 0 radical (unpaired) electrons. The molecule has 1 fully saturated rings. The Hall–Kier alpha value is -1.14. The molecule has 2 amide bonds. The molecular weight excluding hydrogens is 246 g/mol. The van der Waals surface area contributed by atoms with Crippen molar-refractivity contribution in [3.63, 3.8) is 0 Å². The first kappa shape index (κ1) is 15.9. The predicted octanol–water partition coefficient (Wildman–Crippen LogP) is -0.262. The standard InChI is InChI=1S/C13H25N3O3/c1-4-16(3)13(18)10(2)14-9-12(17)15-11-5-7-19-8-6-11/h10-11,14H,4-9H2,1-3H3,(H,15,17). The van der Waals surface area contributed by atoms with Crippen LogP contribution >= 0.6 is 0 Å². The summed E-state index contributed by atoms with van der Waals surface area (Å²) in [5, 5.41) is 5.90. The van der Waals surface area contributed by atoms with Gasteiger partial charge in [0.15, 0.2) is 0 Å². The summed E-state index contributed by atoms with van der Waals surface area (Å²) in [6, 6.07) is -0.141. The zero-order valence-electron chi connectivity index (χ0n) is 12.1. The van der Waals surface area contributed by atoms with Crippen LogP contribution in [0.15, 0.2) is 0 Å². The first-order chi connectivity index (χ1) is 9.04. The fourth-order valence-electron chi connectivity index (χ4n) is 1.94. The molecule has 0 bridgehead atoms. The summed E-state index contributed by atoms with van der Waals surface area (Å²) in [5.74, 6) is -0.0629. The zero-order chi connectivity index (χ0) is 14.3. The topological polar surface area (TPSA) is 70.7 Å². The second kappa shape index (κ2) is 8.12. The molecule has 1 saturated heterocycles. The number of amides is 2. The van der Waals surface area contributed by atoms with Crippen LogP contribution in [0.2, 0.25) is 0 Å². The van der Waals surface area contributed by atoms with Gasteiger partial charge in [-0.25, -0.2) is 0 Å². The highest BCUT2D eigenvalue weighted by Gasteiger charge is 2.19. The molecular formula is C13H25N3O3. The number of nitrogens with zero attached hydrogens (tertiary/aromatic N) is 1. The molecule has 0 spiro atoms. The summed E-state index contributed by atoms with van der Waals surface area (Å²) in [7, 11) is 1.75. The van der Waals surface area contributed by atoms with Crippen molar-refractivity contribution in [1.29, 1.82) is 0 Å². The van der Waals surface area contributed by atoms with Crippen molar-refractivity contribution >= 4 is 11.8 Å². The van der Waals surface area contributed by atoms with Crippen LogP contribution in [0.1, 0.15) is 26.7 Å². The molecule has 2 N–H and O–H groups in total. The molecule has 19 heavy (non-hydrogen) atoms. The third-order valence-corrected chi connectivity index (χ3v) is 3.38. The number of ether oxygens (including phenoxy) is 1. The summed E-state index contributed by atoms with van der Waals surface area (Å²) in [6.07, 6.45) is 1.72. The van der Waals surface area contributed by atoms with E-state index in [1.165, 1.54) is 0 Å². The van der Waals surface area contributed by atoms with Crippen LogP contribution in [-0.2, 0) is 14.3 Å². The highest BCUT2D eigenvalue weighted by Crippen LogP contribution is 2.05. The number of carbonyl (C=O) groups is 2. The van der Waals surface area contributed by atoms with E-state index >= 15 is 0 Å². The van der Waals surface area contributed by atoms with Crippen molar-refractivity contribution in [2.75, 3.05) is 33.4 Å². The number of hydrogen-bond acceptors (Lipinski definition) is 4. The second-order valence-electron chi connectivity index (χ2n) is 4.91. The summed E-state index contributed by atoms with van der Waals surface area (Å²) >= 11 is 0. The summed E-state index contributed by atoms with van der Waals surface area (Å²) < 4.78 is 5.23. The first-order valence-corrected chi connectivity index (χ1v) is 6.90. The lowest BCUT2D eigenvalue weighted by Crippen LogP contribution is -2.48. The van der Waals surface area contributed by atoms with Gasteiger partial charge >= 0.3 is 0 Å². The molecule has 1 unspecified atom stereocenters. The van der Waals surface area contributed by atoms with Crippen LogP contribution < -0.4 is 10.6 Å². The minimum Gasteiger partial charge on any atom is -0.381 e. The van der Waals surface area contributed by atoms with Crippen molar-refractivity contribution in [2.24, 2.45) is 0 Å². The maximum absolute atomic E-state index is 11.8. The molecule has 6 nitrogen and oxygen atoms in total. The van der Waals surface area contributed by atoms with Crippen LogP contribution in [0, 0.1) is 0 Å². The number of carbonyl (C=O) groups excluding carboxylic acids is 2. The van der Waals surface area contributed by atoms with E-state index in [-0.39, 0.29) is 30.4 Å². The van der Waals surface area contributed by atoms with Gasteiger partial charge in [-0.3, -0.25) is 14.9 Å².